The molecule has 1 heterocycles. The van der Waals surface area contributed by atoms with Crippen molar-refractivity contribution < 1.29 is 5.11 Å². The van der Waals surface area contributed by atoms with E-state index in [1.807, 2.05) is 0 Å². The van der Waals surface area contributed by atoms with Crippen LogP contribution in [-0.2, 0) is 0 Å². The molecule has 1 saturated heterocycles. The summed E-state index contributed by atoms with van der Waals surface area (Å²) in [6.07, 6.45) is 4.32. The minimum Gasteiger partial charge on any atom is -0.394 e. The molecule has 4 nitrogen and oxygen atoms in total. The zero-order valence-corrected chi connectivity index (χ0v) is 12.1. The minimum absolute atomic E-state index is 0.129. The summed E-state index contributed by atoms with van der Waals surface area (Å²) in [5.74, 6) is 0.725. The third-order valence-electron chi connectivity index (χ3n) is 4.95. The monoisotopic (exact) mass is 255 g/mol. The van der Waals surface area contributed by atoms with Gasteiger partial charge in [-0.25, -0.2) is 0 Å². The maximum Gasteiger partial charge on any atom is 0.0611 e. The molecule has 4 heteroatoms. The first-order valence-corrected chi connectivity index (χ1v) is 7.25. The van der Waals surface area contributed by atoms with E-state index in [1.165, 1.54) is 13.0 Å². The highest BCUT2D eigenvalue weighted by molar-refractivity contribution is 4.97. The van der Waals surface area contributed by atoms with Gasteiger partial charge in [0.1, 0.15) is 0 Å². The molecule has 18 heavy (non-hydrogen) atoms. The van der Waals surface area contributed by atoms with Gasteiger partial charge >= 0.3 is 0 Å². The first-order valence-electron chi connectivity index (χ1n) is 7.25. The van der Waals surface area contributed by atoms with E-state index < -0.39 is 0 Å². The smallest absolute Gasteiger partial charge is 0.0611 e. The van der Waals surface area contributed by atoms with E-state index in [2.05, 4.69) is 30.8 Å². The van der Waals surface area contributed by atoms with E-state index in [9.17, 15) is 5.11 Å². The topological polar surface area (TPSA) is 52.7 Å². The third kappa shape index (κ3) is 2.87. The lowest BCUT2D eigenvalue weighted by Gasteiger charge is -2.40. The highest BCUT2D eigenvalue weighted by Crippen LogP contribution is 2.32. The zero-order valence-electron chi connectivity index (χ0n) is 12.1. The molecule has 106 valence electrons. The number of hydrogen-bond acceptors (Lipinski definition) is 4. The standard InChI is InChI=1S/C14H29N3O/c1-11-8-17(9-13(11)16(2)3)12-5-4-6-14(15,7-12)10-18/h11-13,18H,4-10,15H2,1-3H3. The number of likely N-dealkylation sites (tertiary alicyclic amines) is 1. The van der Waals surface area contributed by atoms with Crippen LogP contribution in [0.3, 0.4) is 0 Å². The van der Waals surface area contributed by atoms with Crippen LogP contribution < -0.4 is 5.73 Å². The number of rotatable bonds is 3. The Labute approximate surface area is 111 Å². The Morgan fingerprint density at radius 1 is 1.39 bits per heavy atom. The van der Waals surface area contributed by atoms with Crippen molar-refractivity contribution in [3.63, 3.8) is 0 Å². The number of aliphatic hydroxyl groups excluding tert-OH is 1. The van der Waals surface area contributed by atoms with E-state index >= 15 is 0 Å². The molecule has 3 N–H and O–H groups in total. The molecular formula is C14H29N3O. The number of nitrogens with two attached hydrogens (primary N) is 1. The fourth-order valence-corrected chi connectivity index (χ4v) is 3.78. The van der Waals surface area contributed by atoms with Gasteiger partial charge in [0, 0.05) is 30.7 Å². The van der Waals surface area contributed by atoms with Crippen molar-refractivity contribution in [1.29, 1.82) is 0 Å². The zero-order chi connectivity index (χ0) is 13.3. The number of likely N-dealkylation sites (N-methyl/N-ethyl adjacent to an activating group) is 1. The maximum atomic E-state index is 9.45. The molecule has 0 aromatic heterocycles. The van der Waals surface area contributed by atoms with Crippen LogP contribution in [0.5, 0.6) is 0 Å². The Morgan fingerprint density at radius 2 is 2.11 bits per heavy atom. The molecule has 0 aromatic carbocycles. The van der Waals surface area contributed by atoms with Gasteiger partial charge in [0.05, 0.1) is 6.61 Å². The molecule has 4 atom stereocenters. The van der Waals surface area contributed by atoms with Crippen LogP contribution in [0.25, 0.3) is 0 Å². The van der Waals surface area contributed by atoms with Crippen LogP contribution in [0.2, 0.25) is 0 Å². The van der Waals surface area contributed by atoms with Gasteiger partial charge in [-0.1, -0.05) is 6.92 Å². The third-order valence-corrected chi connectivity index (χ3v) is 4.95. The minimum atomic E-state index is -0.331. The van der Waals surface area contributed by atoms with Crippen molar-refractivity contribution in [3.05, 3.63) is 0 Å². The molecular weight excluding hydrogens is 226 g/mol. The van der Waals surface area contributed by atoms with Gasteiger partial charge in [0.15, 0.2) is 0 Å². The molecule has 0 radical (unpaired) electrons. The van der Waals surface area contributed by atoms with Crippen molar-refractivity contribution >= 4 is 0 Å². The van der Waals surface area contributed by atoms with Crippen LogP contribution in [0.15, 0.2) is 0 Å². The van der Waals surface area contributed by atoms with Gasteiger partial charge in [-0.05, 0) is 45.7 Å². The Bertz CT molecular complexity index is 284. The summed E-state index contributed by atoms with van der Waals surface area (Å²) < 4.78 is 0. The molecule has 2 rings (SSSR count). The number of hydrogen-bond donors (Lipinski definition) is 2. The second kappa shape index (κ2) is 5.45. The summed E-state index contributed by atoms with van der Waals surface area (Å²) in [6, 6.07) is 1.23. The summed E-state index contributed by atoms with van der Waals surface area (Å²) in [4.78, 5) is 4.95. The summed E-state index contributed by atoms with van der Waals surface area (Å²) >= 11 is 0. The Kier molecular flexibility index (Phi) is 4.32. The summed E-state index contributed by atoms with van der Waals surface area (Å²) in [5, 5.41) is 9.45. The predicted molar refractivity (Wildman–Crippen MR) is 74.5 cm³/mol. The average Bonchev–Trinajstić information content (AvgIpc) is 2.72. The fraction of sp³-hybridized carbons (Fsp3) is 1.00. The number of nitrogens with zero attached hydrogens (tertiary/aromatic N) is 2. The molecule has 0 amide bonds. The first kappa shape index (κ1) is 14.3. The Hall–Kier alpha value is -0.160. The molecule has 1 aliphatic heterocycles. The van der Waals surface area contributed by atoms with Gasteiger partial charge in [-0.2, -0.15) is 0 Å². The molecule has 1 saturated carbocycles. The van der Waals surface area contributed by atoms with Crippen LogP contribution in [0.4, 0.5) is 0 Å². The van der Waals surface area contributed by atoms with Gasteiger partial charge in [-0.3, -0.25) is 4.90 Å². The van der Waals surface area contributed by atoms with E-state index in [0.717, 1.165) is 31.7 Å². The number of aliphatic hydroxyl groups is 1. The summed E-state index contributed by atoms with van der Waals surface area (Å²) in [7, 11) is 4.35. The van der Waals surface area contributed by atoms with Gasteiger partial charge in [-0.15, -0.1) is 0 Å². The Morgan fingerprint density at radius 3 is 2.67 bits per heavy atom. The van der Waals surface area contributed by atoms with Gasteiger partial charge < -0.3 is 15.7 Å². The van der Waals surface area contributed by atoms with Gasteiger partial charge in [0.25, 0.3) is 0 Å². The van der Waals surface area contributed by atoms with E-state index in [1.54, 1.807) is 0 Å². The molecule has 0 spiro atoms. The molecule has 0 aromatic rings. The van der Waals surface area contributed by atoms with E-state index in [0.29, 0.717) is 12.1 Å². The lowest BCUT2D eigenvalue weighted by atomic mass is 9.80. The normalized spacial score (nSPS) is 42.7. The van der Waals surface area contributed by atoms with Crippen LogP contribution >= 0.6 is 0 Å². The van der Waals surface area contributed by atoms with E-state index in [4.69, 9.17) is 5.73 Å². The van der Waals surface area contributed by atoms with E-state index in [-0.39, 0.29) is 12.1 Å². The van der Waals surface area contributed by atoms with Crippen LogP contribution in [0.1, 0.15) is 32.6 Å². The van der Waals surface area contributed by atoms with Crippen molar-refractivity contribution in [2.45, 2.75) is 50.2 Å². The summed E-state index contributed by atoms with van der Waals surface area (Å²) in [6.45, 7) is 4.80. The molecule has 2 aliphatic rings. The first-order chi connectivity index (χ1) is 8.45. The fourth-order valence-electron chi connectivity index (χ4n) is 3.78. The summed E-state index contributed by atoms with van der Waals surface area (Å²) in [5.41, 5.74) is 5.93. The second-order valence-corrected chi connectivity index (χ2v) is 6.73. The van der Waals surface area contributed by atoms with Gasteiger partial charge in [0.2, 0.25) is 0 Å². The van der Waals surface area contributed by atoms with Crippen LogP contribution in [-0.4, -0.2) is 66.3 Å². The SMILES string of the molecule is CC1CN(C2CCCC(N)(CO)C2)CC1N(C)C. The molecule has 2 fully saturated rings. The van der Waals surface area contributed by atoms with Crippen molar-refractivity contribution in [3.8, 4) is 0 Å². The lowest BCUT2D eigenvalue weighted by Crippen LogP contribution is -2.53. The highest BCUT2D eigenvalue weighted by atomic mass is 16.3. The quantitative estimate of drug-likeness (QED) is 0.771. The Balaban J connectivity index is 1.97. The largest absolute Gasteiger partial charge is 0.394 e. The predicted octanol–water partition coefficient (Wildman–Crippen LogP) is 0.501. The van der Waals surface area contributed by atoms with Crippen LogP contribution in [0, 0.1) is 5.92 Å². The molecule has 1 aliphatic carbocycles. The van der Waals surface area contributed by atoms with Crippen molar-refractivity contribution in [2.75, 3.05) is 33.8 Å². The van der Waals surface area contributed by atoms with Crippen molar-refractivity contribution in [1.82, 2.24) is 9.80 Å². The second-order valence-electron chi connectivity index (χ2n) is 6.73. The lowest BCUT2D eigenvalue weighted by molar-refractivity contribution is 0.0898. The maximum absolute atomic E-state index is 9.45. The average molecular weight is 255 g/mol. The molecule has 0 bridgehead atoms. The van der Waals surface area contributed by atoms with Crippen molar-refractivity contribution in [2.24, 2.45) is 11.7 Å². The molecule has 4 unspecified atom stereocenters. The highest BCUT2D eigenvalue weighted by Gasteiger charge is 2.39.